The van der Waals surface area contributed by atoms with Crippen molar-refractivity contribution < 1.29 is 14.6 Å². The Hall–Kier alpha value is -0.810. The molecule has 0 spiro atoms. The maximum atomic E-state index is 11.2. The normalized spacial score (nSPS) is 19.1. The van der Waals surface area contributed by atoms with Crippen LogP contribution < -0.4 is 0 Å². The van der Waals surface area contributed by atoms with Gasteiger partial charge >= 0.3 is 6.09 Å². The molecule has 1 heterocycles. The fourth-order valence-corrected chi connectivity index (χ4v) is 1.76. The first-order chi connectivity index (χ1) is 6.92. The summed E-state index contributed by atoms with van der Waals surface area (Å²) in [6.07, 6.45) is -0.266. The van der Waals surface area contributed by atoms with E-state index < -0.39 is 5.60 Å². The Balaban J connectivity index is 2.33. The Labute approximate surface area is 90.6 Å². The predicted octanol–water partition coefficient (Wildman–Crippen LogP) is 0.141. The molecule has 1 aliphatic rings. The highest BCUT2D eigenvalue weighted by Gasteiger charge is 2.24. The molecule has 15 heavy (non-hydrogen) atoms. The van der Waals surface area contributed by atoms with Crippen LogP contribution in [0.3, 0.4) is 0 Å². The monoisotopic (exact) mass is 216 g/mol. The molecule has 5 heteroatoms. The van der Waals surface area contributed by atoms with E-state index in [0.717, 1.165) is 13.1 Å². The average Bonchev–Trinajstić information content (AvgIpc) is 2.15. The fourth-order valence-electron chi connectivity index (χ4n) is 1.76. The van der Waals surface area contributed by atoms with Gasteiger partial charge in [0, 0.05) is 32.7 Å². The molecule has 1 rings (SSSR count). The standard InChI is InChI=1S/C10H20N2O3/c1-10(2,14)8-11-4-6-12(7-5-11)9(13)15-3/h14H,4-8H2,1-3H3. The number of carbonyl (C=O) groups is 1. The van der Waals surface area contributed by atoms with E-state index in [2.05, 4.69) is 9.64 Å². The van der Waals surface area contributed by atoms with Crippen LogP contribution in [0.5, 0.6) is 0 Å². The highest BCUT2D eigenvalue weighted by Crippen LogP contribution is 2.09. The molecule has 88 valence electrons. The molecule has 0 aromatic heterocycles. The first kappa shape index (κ1) is 12.3. The first-order valence-corrected chi connectivity index (χ1v) is 5.20. The first-order valence-electron chi connectivity index (χ1n) is 5.20. The van der Waals surface area contributed by atoms with E-state index in [0.29, 0.717) is 19.6 Å². The van der Waals surface area contributed by atoms with Gasteiger partial charge in [0.1, 0.15) is 0 Å². The summed E-state index contributed by atoms with van der Waals surface area (Å²) in [5.41, 5.74) is -0.673. The lowest BCUT2D eigenvalue weighted by atomic mass is 10.1. The number of carbonyl (C=O) groups excluding carboxylic acids is 1. The molecule has 0 aromatic carbocycles. The fraction of sp³-hybridized carbons (Fsp3) is 0.900. The minimum atomic E-state index is -0.673. The maximum absolute atomic E-state index is 11.2. The maximum Gasteiger partial charge on any atom is 0.409 e. The summed E-state index contributed by atoms with van der Waals surface area (Å²) in [7, 11) is 1.39. The third kappa shape index (κ3) is 4.05. The molecular formula is C10H20N2O3. The summed E-state index contributed by atoms with van der Waals surface area (Å²) in [6.45, 7) is 7.14. The summed E-state index contributed by atoms with van der Waals surface area (Å²) >= 11 is 0. The number of hydrogen-bond acceptors (Lipinski definition) is 4. The highest BCUT2D eigenvalue weighted by atomic mass is 16.5. The Morgan fingerprint density at radius 2 is 1.87 bits per heavy atom. The van der Waals surface area contributed by atoms with Gasteiger partial charge in [-0.2, -0.15) is 0 Å². The number of ether oxygens (including phenoxy) is 1. The number of β-amino-alcohol motifs (C(OH)–C–C–N with tert-alkyl or cyclic N) is 1. The van der Waals surface area contributed by atoms with Gasteiger partial charge < -0.3 is 14.7 Å². The third-order valence-electron chi connectivity index (χ3n) is 2.42. The molecule has 0 aliphatic carbocycles. The number of methoxy groups -OCH3 is 1. The van der Waals surface area contributed by atoms with Crippen LogP contribution in [0.25, 0.3) is 0 Å². The molecule has 5 nitrogen and oxygen atoms in total. The van der Waals surface area contributed by atoms with Gasteiger partial charge in [0.2, 0.25) is 0 Å². The van der Waals surface area contributed by atoms with Crippen LogP contribution in [0.15, 0.2) is 0 Å². The molecule has 0 saturated carbocycles. The van der Waals surface area contributed by atoms with Gasteiger partial charge in [-0.05, 0) is 13.8 Å². The van der Waals surface area contributed by atoms with Gasteiger partial charge in [-0.25, -0.2) is 4.79 Å². The van der Waals surface area contributed by atoms with Crippen LogP contribution in [0.2, 0.25) is 0 Å². The molecule has 1 saturated heterocycles. The molecule has 0 atom stereocenters. The van der Waals surface area contributed by atoms with Crippen LogP contribution in [-0.2, 0) is 4.74 Å². The quantitative estimate of drug-likeness (QED) is 0.713. The number of hydrogen-bond donors (Lipinski definition) is 1. The molecule has 0 bridgehead atoms. The van der Waals surface area contributed by atoms with Gasteiger partial charge in [0.25, 0.3) is 0 Å². The number of amides is 1. The van der Waals surface area contributed by atoms with Crippen molar-refractivity contribution >= 4 is 6.09 Å². The largest absolute Gasteiger partial charge is 0.453 e. The van der Waals surface area contributed by atoms with Crippen molar-refractivity contribution in [1.82, 2.24) is 9.80 Å². The number of piperazine rings is 1. The molecule has 1 N–H and O–H groups in total. The van der Waals surface area contributed by atoms with E-state index in [9.17, 15) is 9.90 Å². The Bertz CT molecular complexity index is 217. The van der Waals surface area contributed by atoms with Crippen molar-refractivity contribution in [2.75, 3.05) is 39.8 Å². The van der Waals surface area contributed by atoms with E-state index in [1.165, 1.54) is 7.11 Å². The lowest BCUT2D eigenvalue weighted by Crippen LogP contribution is -2.51. The van der Waals surface area contributed by atoms with Gasteiger partial charge in [-0.1, -0.05) is 0 Å². The van der Waals surface area contributed by atoms with Gasteiger partial charge in [-0.15, -0.1) is 0 Å². The molecule has 1 aliphatic heterocycles. The average molecular weight is 216 g/mol. The van der Waals surface area contributed by atoms with E-state index in [4.69, 9.17) is 0 Å². The lowest BCUT2D eigenvalue weighted by molar-refractivity contribution is 0.0178. The molecule has 0 aromatic rings. The zero-order chi connectivity index (χ0) is 11.5. The zero-order valence-electron chi connectivity index (χ0n) is 9.69. The van der Waals surface area contributed by atoms with Crippen molar-refractivity contribution in [3.8, 4) is 0 Å². The summed E-state index contributed by atoms with van der Waals surface area (Å²) in [5.74, 6) is 0. The summed E-state index contributed by atoms with van der Waals surface area (Å²) in [4.78, 5) is 15.0. The molecule has 0 unspecified atom stereocenters. The minimum absolute atomic E-state index is 0.266. The van der Waals surface area contributed by atoms with E-state index in [1.54, 1.807) is 18.7 Å². The smallest absolute Gasteiger partial charge is 0.409 e. The Morgan fingerprint density at radius 3 is 2.27 bits per heavy atom. The summed E-state index contributed by atoms with van der Waals surface area (Å²) in [6, 6.07) is 0. The van der Waals surface area contributed by atoms with Crippen LogP contribution in [0, 0.1) is 0 Å². The van der Waals surface area contributed by atoms with Crippen molar-refractivity contribution in [3.63, 3.8) is 0 Å². The topological polar surface area (TPSA) is 53.0 Å². The number of rotatable bonds is 2. The SMILES string of the molecule is COC(=O)N1CCN(CC(C)(C)O)CC1. The Morgan fingerprint density at radius 1 is 1.33 bits per heavy atom. The molecular weight excluding hydrogens is 196 g/mol. The second kappa shape index (κ2) is 4.81. The van der Waals surface area contributed by atoms with E-state index in [-0.39, 0.29) is 6.09 Å². The van der Waals surface area contributed by atoms with Gasteiger partial charge in [0.15, 0.2) is 0 Å². The molecule has 0 radical (unpaired) electrons. The highest BCUT2D eigenvalue weighted by molar-refractivity contribution is 5.67. The third-order valence-corrected chi connectivity index (χ3v) is 2.42. The number of aliphatic hydroxyl groups is 1. The molecule has 1 fully saturated rings. The van der Waals surface area contributed by atoms with Gasteiger partial charge in [0.05, 0.1) is 12.7 Å². The number of nitrogens with zero attached hydrogens (tertiary/aromatic N) is 2. The van der Waals surface area contributed by atoms with Crippen LogP contribution in [0.1, 0.15) is 13.8 Å². The second-order valence-corrected chi connectivity index (χ2v) is 4.55. The zero-order valence-corrected chi connectivity index (χ0v) is 9.69. The second-order valence-electron chi connectivity index (χ2n) is 4.55. The summed E-state index contributed by atoms with van der Waals surface area (Å²) in [5, 5.41) is 9.64. The predicted molar refractivity (Wildman–Crippen MR) is 56.7 cm³/mol. The van der Waals surface area contributed by atoms with Crippen molar-refractivity contribution in [1.29, 1.82) is 0 Å². The Kier molecular flexibility index (Phi) is 3.93. The van der Waals surface area contributed by atoms with Crippen LogP contribution >= 0.6 is 0 Å². The van der Waals surface area contributed by atoms with Crippen LogP contribution in [-0.4, -0.2) is 66.4 Å². The van der Waals surface area contributed by atoms with Crippen molar-refractivity contribution in [2.45, 2.75) is 19.4 Å². The minimum Gasteiger partial charge on any atom is -0.453 e. The van der Waals surface area contributed by atoms with Crippen molar-refractivity contribution in [3.05, 3.63) is 0 Å². The van der Waals surface area contributed by atoms with E-state index in [1.807, 2.05) is 0 Å². The van der Waals surface area contributed by atoms with Gasteiger partial charge in [-0.3, -0.25) is 4.90 Å². The summed E-state index contributed by atoms with van der Waals surface area (Å²) < 4.78 is 4.64. The molecule has 1 amide bonds. The van der Waals surface area contributed by atoms with E-state index >= 15 is 0 Å². The van der Waals surface area contributed by atoms with Crippen molar-refractivity contribution in [2.24, 2.45) is 0 Å². The van der Waals surface area contributed by atoms with Crippen LogP contribution in [0.4, 0.5) is 4.79 Å². The lowest BCUT2D eigenvalue weighted by Gasteiger charge is -2.36.